The number of aromatic nitrogens is 1. The van der Waals surface area contributed by atoms with Crippen LogP contribution >= 0.6 is 0 Å². The van der Waals surface area contributed by atoms with Gasteiger partial charge in [0.2, 0.25) is 0 Å². The maximum absolute atomic E-state index is 10.6. The van der Waals surface area contributed by atoms with Crippen molar-refractivity contribution < 1.29 is 4.79 Å². The quantitative estimate of drug-likeness (QED) is 0.653. The van der Waals surface area contributed by atoms with Gasteiger partial charge in [0.15, 0.2) is 0 Å². The maximum Gasteiger partial charge on any atom is 0.128 e. The number of hydrogen-bond donors (Lipinski definition) is 0. The topological polar surface area (TPSA) is 33.2 Å². The van der Waals surface area contributed by atoms with Gasteiger partial charge in [0.1, 0.15) is 6.29 Å². The summed E-state index contributed by atoms with van der Waals surface area (Å²) < 4.78 is 0. The molecule has 2 rings (SSSR count). The van der Waals surface area contributed by atoms with Crippen LogP contribution in [0.3, 0.4) is 0 Å². The van der Waals surface area contributed by atoms with Gasteiger partial charge in [0, 0.05) is 37.2 Å². The lowest BCUT2D eigenvalue weighted by Crippen LogP contribution is -2.16. The second kappa shape index (κ2) is 3.62. The average Bonchev–Trinajstić information content (AvgIpc) is 2.61. The Labute approximate surface area is 83.1 Å². The molecule has 0 amide bonds. The van der Waals surface area contributed by atoms with E-state index in [1.165, 1.54) is 0 Å². The summed E-state index contributed by atoms with van der Waals surface area (Å²) in [5, 5.41) is 0. The minimum absolute atomic E-state index is 0.0233. The van der Waals surface area contributed by atoms with Crippen LogP contribution in [0.25, 0.3) is 5.70 Å². The summed E-state index contributed by atoms with van der Waals surface area (Å²) >= 11 is 0. The molecule has 1 aliphatic heterocycles. The Morgan fingerprint density at radius 3 is 3.07 bits per heavy atom. The summed E-state index contributed by atoms with van der Waals surface area (Å²) in [5.41, 5.74) is 2.16. The lowest BCUT2D eigenvalue weighted by molar-refractivity contribution is -0.109. The first-order valence-electron chi connectivity index (χ1n) is 4.60. The van der Waals surface area contributed by atoms with Crippen LogP contribution in [0.2, 0.25) is 0 Å². The molecule has 0 N–H and O–H groups in total. The van der Waals surface area contributed by atoms with Gasteiger partial charge in [-0.1, -0.05) is 0 Å². The van der Waals surface area contributed by atoms with E-state index in [1.807, 2.05) is 31.5 Å². The second-order valence-electron chi connectivity index (χ2n) is 3.47. The summed E-state index contributed by atoms with van der Waals surface area (Å²) in [5.74, 6) is 0.0233. The van der Waals surface area contributed by atoms with E-state index in [0.717, 1.165) is 24.1 Å². The number of carbonyl (C=O) groups is 1. The van der Waals surface area contributed by atoms with Crippen LogP contribution in [0.15, 0.2) is 30.6 Å². The summed E-state index contributed by atoms with van der Waals surface area (Å²) in [6, 6.07) is 3.90. The van der Waals surface area contributed by atoms with Crippen molar-refractivity contribution in [3.63, 3.8) is 0 Å². The highest BCUT2D eigenvalue weighted by Gasteiger charge is 2.20. The lowest BCUT2D eigenvalue weighted by atomic mass is 10.1. The van der Waals surface area contributed by atoms with Crippen LogP contribution in [0.5, 0.6) is 0 Å². The number of nitrogens with zero attached hydrogens (tertiary/aromatic N) is 2. The Bertz CT molecular complexity index is 359. The van der Waals surface area contributed by atoms with E-state index in [-0.39, 0.29) is 5.92 Å². The standard InChI is InChI=1S/C11H12N2O/c1-13-7-9(8-14)5-11(13)10-3-2-4-12-6-10/h2-6,8-9H,7H2,1H3. The molecule has 0 fully saturated rings. The van der Waals surface area contributed by atoms with Gasteiger partial charge >= 0.3 is 0 Å². The number of aldehydes is 1. The molecule has 1 aromatic heterocycles. The van der Waals surface area contributed by atoms with E-state index in [0.29, 0.717) is 0 Å². The van der Waals surface area contributed by atoms with Crippen LogP contribution in [-0.2, 0) is 4.79 Å². The highest BCUT2D eigenvalue weighted by Crippen LogP contribution is 2.25. The van der Waals surface area contributed by atoms with Crippen LogP contribution in [-0.4, -0.2) is 29.8 Å². The van der Waals surface area contributed by atoms with Gasteiger partial charge in [-0.25, -0.2) is 0 Å². The predicted molar refractivity (Wildman–Crippen MR) is 54.4 cm³/mol. The Morgan fingerprint density at radius 1 is 1.64 bits per heavy atom. The third-order valence-electron chi connectivity index (χ3n) is 2.40. The van der Waals surface area contributed by atoms with E-state index >= 15 is 0 Å². The first-order chi connectivity index (χ1) is 6.81. The second-order valence-corrected chi connectivity index (χ2v) is 3.47. The molecular weight excluding hydrogens is 176 g/mol. The fourth-order valence-corrected chi connectivity index (χ4v) is 1.71. The monoisotopic (exact) mass is 188 g/mol. The number of rotatable bonds is 2. The van der Waals surface area contributed by atoms with Gasteiger partial charge in [-0.2, -0.15) is 0 Å². The fraction of sp³-hybridized carbons (Fsp3) is 0.273. The van der Waals surface area contributed by atoms with Crippen molar-refractivity contribution in [1.29, 1.82) is 0 Å². The van der Waals surface area contributed by atoms with Gasteiger partial charge < -0.3 is 9.69 Å². The maximum atomic E-state index is 10.6. The van der Waals surface area contributed by atoms with Crippen molar-refractivity contribution in [3.05, 3.63) is 36.2 Å². The first-order valence-corrected chi connectivity index (χ1v) is 4.60. The highest BCUT2D eigenvalue weighted by atomic mass is 16.1. The highest BCUT2D eigenvalue weighted by molar-refractivity contribution is 5.72. The van der Waals surface area contributed by atoms with Crippen molar-refractivity contribution in [2.24, 2.45) is 5.92 Å². The summed E-state index contributed by atoms with van der Waals surface area (Å²) in [6.07, 6.45) is 6.54. The molecule has 3 nitrogen and oxygen atoms in total. The predicted octanol–water partition coefficient (Wildman–Crippen LogP) is 1.18. The number of hydrogen-bond acceptors (Lipinski definition) is 3. The number of pyridine rings is 1. The molecule has 3 heteroatoms. The lowest BCUT2D eigenvalue weighted by Gasteiger charge is -2.15. The molecule has 72 valence electrons. The van der Waals surface area contributed by atoms with Gasteiger partial charge in [-0.05, 0) is 18.2 Å². The van der Waals surface area contributed by atoms with Gasteiger partial charge in [-0.15, -0.1) is 0 Å². The Kier molecular flexibility index (Phi) is 2.31. The molecule has 1 atom stereocenters. The zero-order chi connectivity index (χ0) is 9.97. The van der Waals surface area contributed by atoms with Crippen LogP contribution in [0.4, 0.5) is 0 Å². The average molecular weight is 188 g/mol. The Hall–Kier alpha value is -1.64. The van der Waals surface area contributed by atoms with Gasteiger partial charge in [0.25, 0.3) is 0 Å². The van der Waals surface area contributed by atoms with E-state index in [1.54, 1.807) is 6.20 Å². The van der Waals surface area contributed by atoms with Crippen molar-refractivity contribution >= 4 is 12.0 Å². The van der Waals surface area contributed by atoms with Crippen molar-refractivity contribution in [2.75, 3.05) is 13.6 Å². The van der Waals surface area contributed by atoms with E-state index in [4.69, 9.17) is 0 Å². The molecule has 0 radical (unpaired) electrons. The van der Waals surface area contributed by atoms with Crippen molar-refractivity contribution in [1.82, 2.24) is 9.88 Å². The zero-order valence-electron chi connectivity index (χ0n) is 8.05. The van der Waals surface area contributed by atoms with Crippen molar-refractivity contribution in [3.8, 4) is 0 Å². The zero-order valence-corrected chi connectivity index (χ0v) is 8.05. The third kappa shape index (κ3) is 1.53. The summed E-state index contributed by atoms with van der Waals surface area (Å²) in [4.78, 5) is 16.8. The molecule has 1 aliphatic rings. The fourth-order valence-electron chi connectivity index (χ4n) is 1.71. The molecular formula is C11H12N2O. The van der Waals surface area contributed by atoms with E-state index < -0.39 is 0 Å². The smallest absolute Gasteiger partial charge is 0.128 e. The van der Waals surface area contributed by atoms with Gasteiger partial charge in [0.05, 0.1) is 5.92 Å². The molecule has 1 aromatic rings. The van der Waals surface area contributed by atoms with Crippen LogP contribution in [0.1, 0.15) is 5.56 Å². The molecule has 0 saturated carbocycles. The van der Waals surface area contributed by atoms with E-state index in [2.05, 4.69) is 9.88 Å². The van der Waals surface area contributed by atoms with E-state index in [9.17, 15) is 4.79 Å². The summed E-state index contributed by atoms with van der Waals surface area (Å²) in [6.45, 7) is 0.772. The molecule has 14 heavy (non-hydrogen) atoms. The Morgan fingerprint density at radius 2 is 2.50 bits per heavy atom. The van der Waals surface area contributed by atoms with Gasteiger partial charge in [-0.3, -0.25) is 4.98 Å². The van der Waals surface area contributed by atoms with Crippen LogP contribution < -0.4 is 0 Å². The SMILES string of the molecule is CN1CC(C=O)C=C1c1cccnc1. The normalized spacial score (nSPS) is 20.8. The van der Waals surface area contributed by atoms with Crippen LogP contribution in [0, 0.1) is 5.92 Å². The Balaban J connectivity index is 2.31. The molecule has 0 spiro atoms. The molecule has 0 saturated heterocycles. The largest absolute Gasteiger partial charge is 0.373 e. The molecule has 1 unspecified atom stereocenters. The molecule has 0 bridgehead atoms. The summed E-state index contributed by atoms with van der Waals surface area (Å²) in [7, 11) is 1.99. The molecule has 2 heterocycles. The molecule has 0 aromatic carbocycles. The molecule has 0 aliphatic carbocycles. The van der Waals surface area contributed by atoms with Crippen molar-refractivity contribution in [2.45, 2.75) is 0 Å². The third-order valence-corrected chi connectivity index (χ3v) is 2.40. The first kappa shape index (κ1) is 8.94. The minimum Gasteiger partial charge on any atom is -0.373 e. The number of carbonyl (C=O) groups excluding carboxylic acids is 1. The minimum atomic E-state index is 0.0233.